The van der Waals surface area contributed by atoms with Crippen LogP contribution in [-0.4, -0.2) is 18.4 Å². The van der Waals surface area contributed by atoms with Gasteiger partial charge >= 0.3 is 0 Å². The number of rotatable bonds is 2. The van der Waals surface area contributed by atoms with E-state index in [-0.39, 0.29) is 17.6 Å². The quantitative estimate of drug-likeness (QED) is 0.805. The minimum absolute atomic E-state index is 0.0723. The first-order valence-electron chi connectivity index (χ1n) is 5.21. The van der Waals surface area contributed by atoms with Gasteiger partial charge in [-0.25, -0.2) is 4.39 Å². The summed E-state index contributed by atoms with van der Waals surface area (Å²) in [5.41, 5.74) is 0.559. The summed E-state index contributed by atoms with van der Waals surface area (Å²) >= 11 is 0. The Morgan fingerprint density at radius 3 is 2.80 bits per heavy atom. The normalized spacial score (nSPS) is 24.3. The molecule has 0 bridgehead atoms. The number of benzene rings is 1. The maximum atomic E-state index is 13.4. The van der Waals surface area contributed by atoms with Crippen LogP contribution in [0.1, 0.15) is 19.4 Å². The Morgan fingerprint density at radius 1 is 1.47 bits per heavy atom. The predicted molar refractivity (Wildman–Crippen MR) is 57.1 cm³/mol. The lowest BCUT2D eigenvalue weighted by atomic mass is 10.1. The molecule has 15 heavy (non-hydrogen) atoms. The molecule has 3 heteroatoms. The summed E-state index contributed by atoms with van der Waals surface area (Å²) in [6.07, 6.45) is 0.507. The average Bonchev–Trinajstić information content (AvgIpc) is 2.50. The highest BCUT2D eigenvalue weighted by Gasteiger charge is 2.31. The second-order valence-electron chi connectivity index (χ2n) is 4.54. The van der Waals surface area contributed by atoms with Crippen molar-refractivity contribution < 1.29 is 9.13 Å². The smallest absolute Gasteiger partial charge is 0.126 e. The molecule has 0 aromatic heterocycles. The lowest BCUT2D eigenvalue weighted by molar-refractivity contribution is -0.0139. The standard InChI is InChI=1S/C12H16FNO/c1-12(2)8-14-11(15-12)7-9-5-3-4-6-10(9)13/h3-6,11,14H,7-8H2,1-2H3. The van der Waals surface area contributed by atoms with Crippen LogP contribution in [0.15, 0.2) is 24.3 Å². The Bertz CT molecular complexity index is 351. The number of halogens is 1. The van der Waals surface area contributed by atoms with E-state index in [2.05, 4.69) is 5.32 Å². The molecule has 0 amide bonds. The van der Waals surface area contributed by atoms with Gasteiger partial charge in [0.05, 0.1) is 5.60 Å². The van der Waals surface area contributed by atoms with Gasteiger partial charge in [-0.2, -0.15) is 0 Å². The Kier molecular flexibility index (Phi) is 2.76. The fraction of sp³-hybridized carbons (Fsp3) is 0.500. The van der Waals surface area contributed by atoms with Gasteiger partial charge in [-0.05, 0) is 25.5 Å². The Hall–Kier alpha value is -0.930. The molecule has 0 aliphatic carbocycles. The number of hydrogen-bond acceptors (Lipinski definition) is 2. The third kappa shape index (κ3) is 2.55. The van der Waals surface area contributed by atoms with Crippen molar-refractivity contribution in [3.8, 4) is 0 Å². The maximum Gasteiger partial charge on any atom is 0.126 e. The highest BCUT2D eigenvalue weighted by atomic mass is 19.1. The number of nitrogens with one attached hydrogen (secondary N) is 1. The van der Waals surface area contributed by atoms with Gasteiger partial charge in [0.15, 0.2) is 0 Å². The second kappa shape index (κ2) is 3.91. The van der Waals surface area contributed by atoms with Crippen LogP contribution in [0, 0.1) is 5.82 Å². The zero-order valence-electron chi connectivity index (χ0n) is 9.09. The lowest BCUT2D eigenvalue weighted by Gasteiger charge is -2.17. The van der Waals surface area contributed by atoms with Gasteiger partial charge in [0.1, 0.15) is 12.0 Å². The van der Waals surface area contributed by atoms with Crippen LogP contribution in [0.3, 0.4) is 0 Å². The monoisotopic (exact) mass is 209 g/mol. The van der Waals surface area contributed by atoms with Gasteiger partial charge in [0.2, 0.25) is 0 Å². The molecule has 2 rings (SSSR count). The molecular weight excluding hydrogens is 193 g/mol. The van der Waals surface area contributed by atoms with Crippen molar-refractivity contribution in [3.63, 3.8) is 0 Å². The highest BCUT2D eigenvalue weighted by Crippen LogP contribution is 2.20. The van der Waals surface area contributed by atoms with E-state index < -0.39 is 0 Å². The molecule has 0 saturated carbocycles. The van der Waals surface area contributed by atoms with Crippen molar-refractivity contribution in [1.82, 2.24) is 5.32 Å². The fourth-order valence-electron chi connectivity index (χ4n) is 1.81. The summed E-state index contributed by atoms with van der Waals surface area (Å²) in [6.45, 7) is 4.87. The van der Waals surface area contributed by atoms with Gasteiger partial charge in [-0.1, -0.05) is 18.2 Å². The summed E-state index contributed by atoms with van der Waals surface area (Å²) in [4.78, 5) is 0. The van der Waals surface area contributed by atoms with Crippen molar-refractivity contribution in [2.24, 2.45) is 0 Å². The van der Waals surface area contributed by atoms with Gasteiger partial charge in [-0.15, -0.1) is 0 Å². The zero-order chi connectivity index (χ0) is 10.9. The summed E-state index contributed by atoms with van der Waals surface area (Å²) in [5, 5.41) is 3.23. The summed E-state index contributed by atoms with van der Waals surface area (Å²) < 4.78 is 19.1. The first-order chi connectivity index (χ1) is 7.07. The molecule has 1 N–H and O–H groups in total. The van der Waals surface area contributed by atoms with Gasteiger partial charge < -0.3 is 4.74 Å². The summed E-state index contributed by atoms with van der Waals surface area (Å²) in [5.74, 6) is -0.160. The molecule has 1 fully saturated rings. The van der Waals surface area contributed by atoms with E-state index in [1.807, 2.05) is 19.9 Å². The molecule has 1 heterocycles. The van der Waals surface area contributed by atoms with Crippen LogP contribution >= 0.6 is 0 Å². The third-order valence-electron chi connectivity index (χ3n) is 2.58. The first kappa shape index (κ1) is 10.6. The highest BCUT2D eigenvalue weighted by molar-refractivity contribution is 5.18. The fourth-order valence-corrected chi connectivity index (χ4v) is 1.81. The SMILES string of the molecule is CC1(C)CNC(Cc2ccccc2F)O1. The molecule has 1 aliphatic heterocycles. The van der Waals surface area contributed by atoms with E-state index in [9.17, 15) is 4.39 Å². The minimum Gasteiger partial charge on any atom is -0.356 e. The average molecular weight is 209 g/mol. The van der Waals surface area contributed by atoms with Crippen LogP contribution in [0.25, 0.3) is 0 Å². The second-order valence-corrected chi connectivity index (χ2v) is 4.54. The molecule has 0 spiro atoms. The van der Waals surface area contributed by atoms with Crippen molar-refractivity contribution in [3.05, 3.63) is 35.6 Å². The van der Waals surface area contributed by atoms with Crippen molar-refractivity contribution in [2.45, 2.75) is 32.1 Å². The van der Waals surface area contributed by atoms with Crippen molar-refractivity contribution in [2.75, 3.05) is 6.54 Å². The third-order valence-corrected chi connectivity index (χ3v) is 2.58. The molecule has 0 radical (unpaired) electrons. The molecule has 1 saturated heterocycles. The van der Waals surface area contributed by atoms with Crippen LogP contribution in [-0.2, 0) is 11.2 Å². The Morgan fingerprint density at radius 2 is 2.20 bits per heavy atom. The summed E-state index contributed by atoms with van der Waals surface area (Å²) in [7, 11) is 0. The van der Waals surface area contributed by atoms with Gasteiger partial charge in [0.25, 0.3) is 0 Å². The Balaban J connectivity index is 2.02. The molecular formula is C12H16FNO. The first-order valence-corrected chi connectivity index (χ1v) is 5.21. The lowest BCUT2D eigenvalue weighted by Crippen LogP contribution is -2.25. The number of ether oxygens (including phenoxy) is 1. The molecule has 82 valence electrons. The molecule has 1 aliphatic rings. The minimum atomic E-state index is -0.160. The van der Waals surface area contributed by atoms with E-state index in [1.165, 1.54) is 6.07 Å². The van der Waals surface area contributed by atoms with E-state index in [0.29, 0.717) is 12.0 Å². The van der Waals surface area contributed by atoms with Crippen LogP contribution in [0.2, 0.25) is 0 Å². The van der Waals surface area contributed by atoms with Crippen molar-refractivity contribution in [1.29, 1.82) is 0 Å². The van der Waals surface area contributed by atoms with Crippen molar-refractivity contribution >= 4 is 0 Å². The topological polar surface area (TPSA) is 21.3 Å². The predicted octanol–water partition coefficient (Wildman–Crippen LogP) is 2.09. The van der Waals surface area contributed by atoms with E-state index in [4.69, 9.17) is 4.74 Å². The molecule has 1 unspecified atom stereocenters. The van der Waals surface area contributed by atoms with Gasteiger partial charge in [0, 0.05) is 13.0 Å². The van der Waals surface area contributed by atoms with Crippen LogP contribution in [0.5, 0.6) is 0 Å². The van der Waals surface area contributed by atoms with Crippen LogP contribution < -0.4 is 5.32 Å². The largest absolute Gasteiger partial charge is 0.356 e. The number of hydrogen-bond donors (Lipinski definition) is 1. The molecule has 1 aromatic carbocycles. The molecule has 1 aromatic rings. The van der Waals surface area contributed by atoms with E-state index >= 15 is 0 Å². The van der Waals surface area contributed by atoms with Gasteiger partial charge in [-0.3, -0.25) is 5.32 Å². The van der Waals surface area contributed by atoms with E-state index in [0.717, 1.165) is 6.54 Å². The molecule has 1 atom stereocenters. The molecule has 2 nitrogen and oxygen atoms in total. The zero-order valence-corrected chi connectivity index (χ0v) is 9.09. The van der Waals surface area contributed by atoms with E-state index in [1.54, 1.807) is 12.1 Å². The Labute approximate surface area is 89.4 Å². The maximum absolute atomic E-state index is 13.4. The van der Waals surface area contributed by atoms with Crippen LogP contribution in [0.4, 0.5) is 4.39 Å². The summed E-state index contributed by atoms with van der Waals surface area (Å²) in [6, 6.07) is 6.82.